The zero-order chi connectivity index (χ0) is 16.2. The van der Waals surface area contributed by atoms with E-state index in [-0.39, 0.29) is 0 Å². The Hall–Kier alpha value is -0.460. The van der Waals surface area contributed by atoms with E-state index in [0.29, 0.717) is 6.10 Å². The fourth-order valence-electron chi connectivity index (χ4n) is 2.27. The van der Waals surface area contributed by atoms with Gasteiger partial charge in [-0.05, 0) is 34.4 Å². The van der Waals surface area contributed by atoms with E-state index in [2.05, 4.69) is 43.8 Å². The lowest BCUT2D eigenvalue weighted by Gasteiger charge is -2.27. The monoisotopic (exact) mass is 314 g/mol. The summed E-state index contributed by atoms with van der Waals surface area (Å²) in [6.07, 6.45) is 3.69. The number of morpholine rings is 2. The lowest BCUT2D eigenvalue weighted by atomic mass is 10.2. The van der Waals surface area contributed by atoms with Gasteiger partial charge in [0, 0.05) is 26.2 Å². The van der Waals surface area contributed by atoms with Crippen molar-refractivity contribution in [3.8, 4) is 0 Å². The molecule has 3 rings (SSSR count). The van der Waals surface area contributed by atoms with E-state index in [4.69, 9.17) is 14.2 Å². The summed E-state index contributed by atoms with van der Waals surface area (Å²) in [6.45, 7) is 13.1. The van der Waals surface area contributed by atoms with E-state index in [1.54, 1.807) is 0 Å². The molecule has 0 aromatic heterocycles. The number of likely N-dealkylation sites (N-methyl/N-ethyl adjacent to an activating group) is 2. The van der Waals surface area contributed by atoms with Gasteiger partial charge < -0.3 is 24.0 Å². The van der Waals surface area contributed by atoms with Crippen molar-refractivity contribution < 1.29 is 14.2 Å². The number of hydrogen-bond acceptors (Lipinski definition) is 5. The SMILES string of the molecule is CC1=CCOCC1.CC1CN(C)CCO1.CN1CCOCC1. The summed E-state index contributed by atoms with van der Waals surface area (Å²) in [5.41, 5.74) is 1.46. The molecule has 3 heterocycles. The smallest absolute Gasteiger partial charge is 0.0674 e. The van der Waals surface area contributed by atoms with Crippen LogP contribution in [0, 0.1) is 0 Å². The maximum atomic E-state index is 5.31. The second-order valence-electron chi connectivity index (χ2n) is 6.23. The van der Waals surface area contributed by atoms with Gasteiger partial charge in [-0.15, -0.1) is 0 Å². The largest absolute Gasteiger partial charge is 0.379 e. The quantitative estimate of drug-likeness (QED) is 0.635. The van der Waals surface area contributed by atoms with E-state index < -0.39 is 0 Å². The Bertz CT molecular complexity index is 296. The summed E-state index contributed by atoms with van der Waals surface area (Å²) in [7, 11) is 4.24. The number of rotatable bonds is 0. The normalized spacial score (nSPS) is 26.9. The van der Waals surface area contributed by atoms with Crippen molar-refractivity contribution in [2.75, 3.05) is 73.3 Å². The Kier molecular flexibility index (Phi) is 10.7. The van der Waals surface area contributed by atoms with Gasteiger partial charge in [0.2, 0.25) is 0 Å². The molecule has 1 atom stereocenters. The molecule has 22 heavy (non-hydrogen) atoms. The van der Waals surface area contributed by atoms with Crippen LogP contribution in [0.25, 0.3) is 0 Å². The number of nitrogens with zero attached hydrogens (tertiary/aromatic N) is 2. The van der Waals surface area contributed by atoms with Crippen LogP contribution in [0.4, 0.5) is 0 Å². The van der Waals surface area contributed by atoms with Crippen LogP contribution in [0.3, 0.4) is 0 Å². The molecule has 5 nitrogen and oxygen atoms in total. The highest BCUT2D eigenvalue weighted by Gasteiger charge is 2.11. The molecule has 0 aliphatic carbocycles. The Morgan fingerprint density at radius 1 is 0.955 bits per heavy atom. The lowest BCUT2D eigenvalue weighted by Crippen LogP contribution is -2.38. The van der Waals surface area contributed by atoms with Crippen molar-refractivity contribution >= 4 is 0 Å². The first-order chi connectivity index (χ1) is 10.6. The number of ether oxygens (including phenoxy) is 3. The molecule has 0 spiro atoms. The van der Waals surface area contributed by atoms with Gasteiger partial charge in [0.1, 0.15) is 0 Å². The van der Waals surface area contributed by atoms with Gasteiger partial charge in [-0.2, -0.15) is 0 Å². The third-order valence-corrected chi connectivity index (χ3v) is 3.87. The van der Waals surface area contributed by atoms with Gasteiger partial charge in [-0.1, -0.05) is 11.6 Å². The van der Waals surface area contributed by atoms with Gasteiger partial charge in [-0.3, -0.25) is 0 Å². The molecule has 0 aromatic rings. The molecular formula is C17H34N2O3. The van der Waals surface area contributed by atoms with Crippen LogP contribution in [-0.4, -0.2) is 89.2 Å². The topological polar surface area (TPSA) is 34.2 Å². The second kappa shape index (κ2) is 12.0. The molecule has 0 amide bonds. The highest BCUT2D eigenvalue weighted by Crippen LogP contribution is 2.04. The Labute approximate surface area is 136 Å². The molecule has 0 N–H and O–H groups in total. The maximum absolute atomic E-state index is 5.31. The van der Waals surface area contributed by atoms with E-state index in [1.807, 2.05) is 0 Å². The van der Waals surface area contributed by atoms with Crippen molar-refractivity contribution in [1.29, 1.82) is 0 Å². The first-order valence-corrected chi connectivity index (χ1v) is 8.37. The van der Waals surface area contributed by atoms with Crippen LogP contribution < -0.4 is 0 Å². The van der Waals surface area contributed by atoms with Crippen molar-refractivity contribution in [1.82, 2.24) is 9.80 Å². The van der Waals surface area contributed by atoms with Crippen LogP contribution in [-0.2, 0) is 14.2 Å². The van der Waals surface area contributed by atoms with Crippen molar-refractivity contribution in [2.24, 2.45) is 0 Å². The number of hydrogen-bond donors (Lipinski definition) is 0. The van der Waals surface area contributed by atoms with Crippen LogP contribution in [0.15, 0.2) is 11.6 Å². The van der Waals surface area contributed by atoms with E-state index in [1.165, 1.54) is 5.57 Å². The van der Waals surface area contributed by atoms with Gasteiger partial charge in [0.25, 0.3) is 0 Å². The highest BCUT2D eigenvalue weighted by atomic mass is 16.5. The fourth-order valence-corrected chi connectivity index (χ4v) is 2.27. The average molecular weight is 314 g/mol. The van der Waals surface area contributed by atoms with E-state index >= 15 is 0 Å². The average Bonchev–Trinajstić information content (AvgIpc) is 2.50. The first-order valence-electron chi connectivity index (χ1n) is 8.37. The second-order valence-corrected chi connectivity index (χ2v) is 6.23. The summed E-state index contributed by atoms with van der Waals surface area (Å²) >= 11 is 0. The first kappa shape index (κ1) is 19.6. The lowest BCUT2D eigenvalue weighted by molar-refractivity contribution is -0.00861. The molecule has 1 unspecified atom stereocenters. The van der Waals surface area contributed by atoms with Crippen molar-refractivity contribution in [3.63, 3.8) is 0 Å². The minimum Gasteiger partial charge on any atom is -0.379 e. The summed E-state index contributed by atoms with van der Waals surface area (Å²) in [4.78, 5) is 4.55. The highest BCUT2D eigenvalue weighted by molar-refractivity contribution is 4.99. The molecule has 5 heteroatoms. The maximum Gasteiger partial charge on any atom is 0.0674 e. The van der Waals surface area contributed by atoms with Gasteiger partial charge >= 0.3 is 0 Å². The predicted octanol–water partition coefficient (Wildman–Crippen LogP) is 1.64. The van der Waals surface area contributed by atoms with Gasteiger partial charge in [-0.25, -0.2) is 0 Å². The molecule has 0 saturated carbocycles. The van der Waals surface area contributed by atoms with Gasteiger partial charge in [0.05, 0.1) is 39.1 Å². The zero-order valence-corrected chi connectivity index (χ0v) is 14.8. The van der Waals surface area contributed by atoms with E-state index in [0.717, 1.165) is 65.6 Å². The minimum absolute atomic E-state index is 0.439. The molecule has 2 fully saturated rings. The molecule has 3 aliphatic heterocycles. The van der Waals surface area contributed by atoms with Crippen LogP contribution in [0.2, 0.25) is 0 Å². The molecule has 3 aliphatic rings. The van der Waals surface area contributed by atoms with Crippen LogP contribution >= 0.6 is 0 Å². The molecule has 0 aromatic carbocycles. The zero-order valence-electron chi connectivity index (χ0n) is 14.8. The molecule has 130 valence electrons. The van der Waals surface area contributed by atoms with E-state index in [9.17, 15) is 0 Å². The standard InChI is InChI=1S/C6H13NO.C6H10O.C5H11NO/c1-6-5-7(2)3-4-8-6;2*1-6-2-4-7-5-3-6/h6H,3-5H2,1-2H3;2H,3-5H2,1H3;2-5H2,1H3. The predicted molar refractivity (Wildman–Crippen MR) is 90.4 cm³/mol. The van der Waals surface area contributed by atoms with Crippen molar-refractivity contribution in [2.45, 2.75) is 26.4 Å². The summed E-state index contributed by atoms with van der Waals surface area (Å²) in [5, 5.41) is 0. The Morgan fingerprint density at radius 3 is 1.95 bits per heavy atom. The summed E-state index contributed by atoms with van der Waals surface area (Å²) < 4.78 is 15.5. The molecule has 0 bridgehead atoms. The van der Waals surface area contributed by atoms with Crippen molar-refractivity contribution in [3.05, 3.63) is 11.6 Å². The molecular weight excluding hydrogens is 280 g/mol. The Morgan fingerprint density at radius 2 is 1.64 bits per heavy atom. The molecule has 2 saturated heterocycles. The fraction of sp³-hybridized carbons (Fsp3) is 0.882. The minimum atomic E-state index is 0.439. The van der Waals surface area contributed by atoms with Crippen LogP contribution in [0.5, 0.6) is 0 Å². The van der Waals surface area contributed by atoms with Gasteiger partial charge in [0.15, 0.2) is 0 Å². The molecule has 0 radical (unpaired) electrons. The Balaban J connectivity index is 0.000000166. The third-order valence-electron chi connectivity index (χ3n) is 3.87. The summed E-state index contributed by atoms with van der Waals surface area (Å²) in [5.74, 6) is 0. The van der Waals surface area contributed by atoms with Crippen LogP contribution in [0.1, 0.15) is 20.3 Å². The summed E-state index contributed by atoms with van der Waals surface area (Å²) in [6, 6.07) is 0. The third kappa shape index (κ3) is 10.3.